The van der Waals surface area contributed by atoms with E-state index in [0.717, 1.165) is 25.9 Å². The third-order valence-electron chi connectivity index (χ3n) is 3.65. The average molecular weight is 247 g/mol. The topological polar surface area (TPSA) is 50.4 Å². The number of nitrogens with zero attached hydrogens (tertiary/aromatic N) is 1. The Morgan fingerprint density at radius 1 is 1.17 bits per heavy atom. The minimum absolute atomic E-state index is 0.0985. The summed E-state index contributed by atoms with van der Waals surface area (Å²) in [4.78, 5) is 4.49. The van der Waals surface area contributed by atoms with Gasteiger partial charge in [0.2, 0.25) is 0 Å². The number of hydrogen-bond acceptors (Lipinski definition) is 1. The molecule has 0 spiro atoms. The second kappa shape index (κ2) is 7.04. The Labute approximate surface area is 111 Å². The van der Waals surface area contributed by atoms with E-state index in [1.165, 1.54) is 5.56 Å². The van der Waals surface area contributed by atoms with E-state index in [2.05, 4.69) is 54.5 Å². The molecular weight excluding hydrogens is 222 g/mol. The first-order valence-corrected chi connectivity index (χ1v) is 6.77. The second-order valence-corrected chi connectivity index (χ2v) is 4.59. The van der Waals surface area contributed by atoms with E-state index in [0.29, 0.717) is 5.96 Å². The molecule has 1 rings (SSSR count). The fourth-order valence-corrected chi connectivity index (χ4v) is 2.24. The van der Waals surface area contributed by atoms with Crippen molar-refractivity contribution in [2.75, 3.05) is 13.1 Å². The quantitative estimate of drug-likeness (QED) is 0.600. The first-order chi connectivity index (χ1) is 8.68. The highest BCUT2D eigenvalue weighted by Crippen LogP contribution is 2.31. The van der Waals surface area contributed by atoms with E-state index in [1.807, 2.05) is 6.92 Å². The van der Waals surface area contributed by atoms with Crippen LogP contribution >= 0.6 is 0 Å². The molecule has 0 radical (unpaired) electrons. The standard InChI is InChI=1S/C15H25N3/c1-4-15(5-2,12-18-14(16)17-6-3)13-10-8-7-9-11-13/h7-11H,4-6,12H2,1-3H3,(H3,16,17,18). The van der Waals surface area contributed by atoms with Crippen molar-refractivity contribution in [2.45, 2.75) is 39.0 Å². The summed E-state index contributed by atoms with van der Waals surface area (Å²) in [5, 5.41) is 3.05. The van der Waals surface area contributed by atoms with E-state index in [9.17, 15) is 0 Å². The number of nitrogens with one attached hydrogen (secondary N) is 1. The summed E-state index contributed by atoms with van der Waals surface area (Å²) in [5.74, 6) is 0.541. The zero-order valence-electron chi connectivity index (χ0n) is 11.7. The van der Waals surface area contributed by atoms with Crippen LogP contribution in [0.5, 0.6) is 0 Å². The van der Waals surface area contributed by atoms with Gasteiger partial charge >= 0.3 is 0 Å². The monoisotopic (exact) mass is 247 g/mol. The Bertz CT molecular complexity index is 367. The van der Waals surface area contributed by atoms with Gasteiger partial charge in [-0.1, -0.05) is 44.2 Å². The highest BCUT2D eigenvalue weighted by Gasteiger charge is 2.27. The van der Waals surface area contributed by atoms with Crippen LogP contribution < -0.4 is 11.1 Å². The fourth-order valence-electron chi connectivity index (χ4n) is 2.24. The van der Waals surface area contributed by atoms with Crippen molar-refractivity contribution in [3.63, 3.8) is 0 Å². The van der Waals surface area contributed by atoms with Crippen molar-refractivity contribution < 1.29 is 0 Å². The molecule has 1 aromatic carbocycles. The molecule has 0 atom stereocenters. The fraction of sp³-hybridized carbons (Fsp3) is 0.533. The number of nitrogens with two attached hydrogens (primary N) is 1. The maximum absolute atomic E-state index is 5.82. The molecule has 3 N–H and O–H groups in total. The molecule has 0 heterocycles. The lowest BCUT2D eigenvalue weighted by Gasteiger charge is -2.30. The van der Waals surface area contributed by atoms with Gasteiger partial charge in [-0.3, -0.25) is 4.99 Å². The van der Waals surface area contributed by atoms with E-state index >= 15 is 0 Å². The molecule has 0 aliphatic rings. The number of benzene rings is 1. The summed E-state index contributed by atoms with van der Waals surface area (Å²) in [6.45, 7) is 8.01. The van der Waals surface area contributed by atoms with Gasteiger partial charge < -0.3 is 11.1 Å². The normalized spacial score (nSPS) is 12.5. The summed E-state index contributed by atoms with van der Waals surface area (Å²) in [7, 11) is 0. The maximum atomic E-state index is 5.82. The molecule has 0 fully saturated rings. The second-order valence-electron chi connectivity index (χ2n) is 4.59. The highest BCUT2D eigenvalue weighted by molar-refractivity contribution is 5.77. The summed E-state index contributed by atoms with van der Waals surface area (Å²) in [5.41, 5.74) is 7.27. The molecule has 3 heteroatoms. The van der Waals surface area contributed by atoms with Crippen LogP contribution in [-0.4, -0.2) is 19.0 Å². The third-order valence-corrected chi connectivity index (χ3v) is 3.65. The largest absolute Gasteiger partial charge is 0.370 e. The van der Waals surface area contributed by atoms with Crippen LogP contribution in [0.1, 0.15) is 39.2 Å². The number of hydrogen-bond donors (Lipinski definition) is 2. The maximum Gasteiger partial charge on any atom is 0.188 e. The summed E-state index contributed by atoms with van der Waals surface area (Å²) >= 11 is 0. The lowest BCUT2D eigenvalue weighted by molar-refractivity contribution is 0.407. The Morgan fingerprint density at radius 2 is 1.78 bits per heavy atom. The van der Waals surface area contributed by atoms with Crippen LogP contribution in [0.25, 0.3) is 0 Å². The minimum atomic E-state index is 0.0985. The molecule has 0 unspecified atom stereocenters. The molecular formula is C15H25N3. The molecule has 0 saturated carbocycles. The van der Waals surface area contributed by atoms with Crippen molar-refractivity contribution in [1.29, 1.82) is 0 Å². The first kappa shape index (κ1) is 14.6. The van der Waals surface area contributed by atoms with Gasteiger partial charge in [0.1, 0.15) is 0 Å². The first-order valence-electron chi connectivity index (χ1n) is 6.77. The van der Waals surface area contributed by atoms with E-state index < -0.39 is 0 Å². The molecule has 0 saturated heterocycles. The molecule has 0 aromatic heterocycles. The summed E-state index contributed by atoms with van der Waals surface area (Å²) < 4.78 is 0. The summed E-state index contributed by atoms with van der Waals surface area (Å²) in [6.07, 6.45) is 2.13. The Hall–Kier alpha value is -1.51. The van der Waals surface area contributed by atoms with Crippen LogP contribution in [0.4, 0.5) is 0 Å². The van der Waals surface area contributed by atoms with Gasteiger partial charge in [0, 0.05) is 12.0 Å². The SMILES string of the molecule is CCNC(N)=NCC(CC)(CC)c1ccccc1. The van der Waals surface area contributed by atoms with Gasteiger partial charge in [0.15, 0.2) is 5.96 Å². The van der Waals surface area contributed by atoms with E-state index in [1.54, 1.807) is 0 Å². The molecule has 1 aromatic rings. The van der Waals surface area contributed by atoms with Gasteiger partial charge in [0.05, 0.1) is 6.54 Å². The average Bonchev–Trinajstić information content (AvgIpc) is 2.42. The smallest absolute Gasteiger partial charge is 0.188 e. The molecule has 18 heavy (non-hydrogen) atoms. The molecule has 0 amide bonds. The lowest BCUT2D eigenvalue weighted by Crippen LogP contribution is -2.35. The van der Waals surface area contributed by atoms with Crippen LogP contribution in [0, 0.1) is 0 Å². The molecule has 100 valence electrons. The van der Waals surface area contributed by atoms with Crippen molar-refractivity contribution >= 4 is 5.96 Å². The van der Waals surface area contributed by atoms with Gasteiger partial charge in [-0.25, -0.2) is 0 Å². The molecule has 0 bridgehead atoms. The van der Waals surface area contributed by atoms with Crippen LogP contribution in [0.3, 0.4) is 0 Å². The van der Waals surface area contributed by atoms with Crippen LogP contribution in [0.15, 0.2) is 35.3 Å². The van der Waals surface area contributed by atoms with Crippen molar-refractivity contribution in [1.82, 2.24) is 5.32 Å². The predicted octanol–water partition coefficient (Wildman–Crippen LogP) is 2.67. The number of aliphatic imine (C=N–C) groups is 1. The van der Waals surface area contributed by atoms with Gasteiger partial charge in [-0.2, -0.15) is 0 Å². The number of rotatable bonds is 6. The zero-order chi connectivity index (χ0) is 13.4. The molecule has 3 nitrogen and oxygen atoms in total. The van der Waals surface area contributed by atoms with Crippen molar-refractivity contribution in [3.05, 3.63) is 35.9 Å². The predicted molar refractivity (Wildman–Crippen MR) is 78.9 cm³/mol. The zero-order valence-corrected chi connectivity index (χ0v) is 11.7. The van der Waals surface area contributed by atoms with E-state index in [4.69, 9.17) is 5.73 Å². The van der Waals surface area contributed by atoms with Crippen LogP contribution in [-0.2, 0) is 5.41 Å². The van der Waals surface area contributed by atoms with Crippen LogP contribution in [0.2, 0.25) is 0 Å². The lowest BCUT2D eigenvalue weighted by atomic mass is 9.76. The molecule has 0 aliphatic heterocycles. The minimum Gasteiger partial charge on any atom is -0.370 e. The van der Waals surface area contributed by atoms with E-state index in [-0.39, 0.29) is 5.41 Å². The van der Waals surface area contributed by atoms with Crippen molar-refractivity contribution in [3.8, 4) is 0 Å². The number of guanidine groups is 1. The third kappa shape index (κ3) is 3.49. The summed E-state index contributed by atoms with van der Waals surface area (Å²) in [6, 6.07) is 10.6. The van der Waals surface area contributed by atoms with Crippen molar-refractivity contribution in [2.24, 2.45) is 10.7 Å². The Balaban J connectivity index is 2.91. The van der Waals surface area contributed by atoms with Gasteiger partial charge in [0.25, 0.3) is 0 Å². The Morgan fingerprint density at radius 3 is 2.28 bits per heavy atom. The molecule has 0 aliphatic carbocycles. The highest BCUT2D eigenvalue weighted by atomic mass is 15.1. The van der Waals surface area contributed by atoms with Gasteiger partial charge in [-0.05, 0) is 25.3 Å². The Kier molecular flexibility index (Phi) is 5.69. The van der Waals surface area contributed by atoms with Gasteiger partial charge in [-0.15, -0.1) is 0 Å².